The van der Waals surface area contributed by atoms with Gasteiger partial charge in [-0.2, -0.15) is 12.6 Å². The second kappa shape index (κ2) is 8.52. The first-order valence-corrected chi connectivity index (χ1v) is 11.1. The van der Waals surface area contributed by atoms with E-state index in [2.05, 4.69) is 53.2 Å². The number of hydrogen-bond donors (Lipinski definition) is 2. The minimum absolute atomic E-state index is 0.139. The largest absolute Gasteiger partial charge is 0.338 e. The minimum Gasteiger partial charge on any atom is -0.338 e. The highest BCUT2D eigenvalue weighted by Crippen LogP contribution is 2.40. The van der Waals surface area contributed by atoms with Gasteiger partial charge in [0.1, 0.15) is 12.7 Å². The van der Waals surface area contributed by atoms with Crippen molar-refractivity contribution in [1.29, 1.82) is 0 Å². The van der Waals surface area contributed by atoms with Crippen LogP contribution in [0.1, 0.15) is 34.9 Å². The molecule has 1 aromatic heterocycles. The van der Waals surface area contributed by atoms with Crippen molar-refractivity contribution in [3.05, 3.63) is 47.5 Å². The molecular weight excluding hydrogens is 414 g/mol. The lowest BCUT2D eigenvalue weighted by molar-refractivity contribution is -0.137. The number of amides is 2. The zero-order chi connectivity index (χ0) is 21.4. The van der Waals surface area contributed by atoms with Crippen molar-refractivity contribution in [1.82, 2.24) is 30.1 Å². The Morgan fingerprint density at radius 1 is 1.10 bits per heavy atom. The van der Waals surface area contributed by atoms with E-state index in [0.717, 1.165) is 44.2 Å². The maximum Gasteiger partial charge on any atom is 0.243 e. The van der Waals surface area contributed by atoms with Gasteiger partial charge in [0.2, 0.25) is 17.8 Å². The summed E-state index contributed by atoms with van der Waals surface area (Å²) < 4.78 is 0. The van der Waals surface area contributed by atoms with Gasteiger partial charge in [0.05, 0.1) is 11.4 Å². The minimum atomic E-state index is -0.315. The number of carbonyl (C=O) groups excluding carboxylic acids is 2. The summed E-state index contributed by atoms with van der Waals surface area (Å²) >= 11 is 4.83. The van der Waals surface area contributed by atoms with Gasteiger partial charge in [-0.05, 0) is 23.1 Å². The summed E-state index contributed by atoms with van der Waals surface area (Å²) in [7, 11) is 0. The predicted molar refractivity (Wildman–Crippen MR) is 117 cm³/mol. The van der Waals surface area contributed by atoms with Gasteiger partial charge in [-0.15, -0.1) is 0 Å². The third-order valence-corrected chi connectivity index (χ3v) is 6.96. The van der Waals surface area contributed by atoms with Crippen LogP contribution < -0.4 is 10.2 Å². The molecule has 3 aliphatic heterocycles. The smallest absolute Gasteiger partial charge is 0.243 e. The molecule has 2 saturated heterocycles. The lowest BCUT2D eigenvalue weighted by atomic mass is 10.0. The lowest BCUT2D eigenvalue weighted by Crippen LogP contribution is -2.51. The van der Waals surface area contributed by atoms with Crippen molar-refractivity contribution in [2.24, 2.45) is 0 Å². The van der Waals surface area contributed by atoms with Gasteiger partial charge >= 0.3 is 0 Å². The number of carbonyl (C=O) groups is 2. The molecule has 0 spiro atoms. The highest BCUT2D eigenvalue weighted by Gasteiger charge is 2.39. The second-order valence-electron chi connectivity index (χ2n) is 8.20. The number of nitrogens with zero attached hydrogens (tertiary/aromatic N) is 6. The number of fused-ring (bicyclic) bond motifs is 1. The zero-order valence-corrected chi connectivity index (χ0v) is 18.0. The van der Waals surface area contributed by atoms with Crippen molar-refractivity contribution in [2.45, 2.75) is 37.3 Å². The average Bonchev–Trinajstić information content (AvgIpc) is 3.12. The molecule has 4 heterocycles. The van der Waals surface area contributed by atoms with Gasteiger partial charge in [-0.3, -0.25) is 24.7 Å². The standard InChI is InChI=1S/C21H25N7O2S/c29-18-5-4-17(19(30)25-18)28-11-16-14(2-1-3-15(16)20(28)31)10-26-6-8-27(9-7-26)21-23-12-22-13-24-21/h1-3,12-13,17,20,31H,4-11H2,(H,25,29,30). The van der Waals surface area contributed by atoms with Gasteiger partial charge < -0.3 is 4.90 Å². The van der Waals surface area contributed by atoms with Crippen LogP contribution in [-0.4, -0.2) is 68.8 Å². The van der Waals surface area contributed by atoms with Gasteiger partial charge in [-0.25, -0.2) is 15.0 Å². The summed E-state index contributed by atoms with van der Waals surface area (Å²) in [6.45, 7) is 5.13. The van der Waals surface area contributed by atoms with Gasteiger partial charge in [0.15, 0.2) is 0 Å². The number of imide groups is 1. The van der Waals surface area contributed by atoms with Crippen molar-refractivity contribution in [3.63, 3.8) is 0 Å². The summed E-state index contributed by atoms with van der Waals surface area (Å²) in [6, 6.07) is 6.03. The Hall–Kier alpha value is -2.56. The van der Waals surface area contributed by atoms with Crippen molar-refractivity contribution >= 4 is 30.4 Å². The molecule has 2 amide bonds. The Labute approximate surface area is 186 Å². The number of hydrogen-bond acceptors (Lipinski definition) is 9. The van der Waals surface area contributed by atoms with E-state index in [1.165, 1.54) is 23.8 Å². The number of piperidine rings is 1. The van der Waals surface area contributed by atoms with Crippen LogP contribution in [-0.2, 0) is 22.7 Å². The number of aromatic nitrogens is 3. The molecule has 5 rings (SSSR count). The quantitative estimate of drug-likeness (QED) is 0.532. The topological polar surface area (TPSA) is 94.6 Å². The number of nitrogens with one attached hydrogen (secondary N) is 1. The molecule has 0 radical (unpaired) electrons. The number of benzene rings is 1. The first kappa shape index (κ1) is 20.3. The van der Waals surface area contributed by atoms with Crippen molar-refractivity contribution in [2.75, 3.05) is 31.1 Å². The molecule has 2 fully saturated rings. The maximum absolute atomic E-state index is 12.4. The molecule has 0 aliphatic carbocycles. The fourth-order valence-electron chi connectivity index (χ4n) is 4.71. The maximum atomic E-state index is 12.4. The van der Waals surface area contributed by atoms with Crippen LogP contribution in [0.4, 0.5) is 5.95 Å². The molecule has 2 unspecified atom stereocenters. The van der Waals surface area contributed by atoms with Gasteiger partial charge in [0, 0.05) is 45.7 Å². The molecule has 31 heavy (non-hydrogen) atoms. The van der Waals surface area contributed by atoms with Crippen LogP contribution >= 0.6 is 12.6 Å². The summed E-state index contributed by atoms with van der Waals surface area (Å²) in [6.07, 6.45) is 3.99. The van der Waals surface area contributed by atoms with E-state index < -0.39 is 0 Å². The Bertz CT molecular complexity index is 981. The summed E-state index contributed by atoms with van der Waals surface area (Å²) in [4.78, 5) is 43.1. The zero-order valence-electron chi connectivity index (χ0n) is 17.1. The third kappa shape index (κ3) is 4.02. The molecule has 1 N–H and O–H groups in total. The van der Waals surface area contributed by atoms with Crippen LogP contribution in [0, 0.1) is 0 Å². The van der Waals surface area contributed by atoms with Crippen molar-refractivity contribution in [3.8, 4) is 0 Å². The summed E-state index contributed by atoms with van der Waals surface area (Å²) in [5.74, 6) is 0.331. The number of piperazine rings is 1. The molecule has 10 heteroatoms. The average molecular weight is 440 g/mol. The summed E-state index contributed by atoms with van der Waals surface area (Å²) in [5, 5.41) is 2.33. The predicted octanol–water partition coefficient (Wildman–Crippen LogP) is 0.743. The van der Waals surface area contributed by atoms with Gasteiger partial charge in [-0.1, -0.05) is 18.2 Å². The van der Waals surface area contributed by atoms with Crippen LogP contribution in [0.3, 0.4) is 0 Å². The van der Waals surface area contributed by atoms with Crippen LogP contribution in [0.15, 0.2) is 30.9 Å². The molecule has 2 atom stereocenters. The van der Waals surface area contributed by atoms with Crippen LogP contribution in [0.5, 0.6) is 0 Å². The number of thiol groups is 1. The number of rotatable bonds is 4. The molecule has 0 saturated carbocycles. The molecule has 0 bridgehead atoms. The van der Waals surface area contributed by atoms with Crippen molar-refractivity contribution < 1.29 is 9.59 Å². The second-order valence-corrected chi connectivity index (χ2v) is 8.69. The molecule has 3 aliphatic rings. The van der Waals surface area contributed by atoms with Gasteiger partial charge in [0.25, 0.3) is 0 Å². The highest BCUT2D eigenvalue weighted by molar-refractivity contribution is 7.80. The fourth-order valence-corrected chi connectivity index (χ4v) is 5.19. The van der Waals surface area contributed by atoms with Crippen LogP contribution in [0.2, 0.25) is 0 Å². The SMILES string of the molecule is O=C1CCC(N2Cc3c(CN4CCN(c5ncncn5)CC4)cccc3C2S)C(=O)N1. The molecular formula is C21H25N7O2S. The van der Waals surface area contributed by atoms with E-state index in [0.29, 0.717) is 19.4 Å². The monoisotopic (exact) mass is 439 g/mol. The number of anilines is 1. The molecule has 162 valence electrons. The van der Waals surface area contributed by atoms with E-state index in [4.69, 9.17) is 12.6 Å². The Morgan fingerprint density at radius 3 is 2.61 bits per heavy atom. The molecule has 1 aromatic carbocycles. The summed E-state index contributed by atoms with van der Waals surface area (Å²) in [5.41, 5.74) is 3.70. The molecule has 2 aromatic rings. The van der Waals surface area contributed by atoms with E-state index in [1.807, 2.05) is 0 Å². The third-order valence-electron chi connectivity index (χ3n) is 6.38. The Balaban J connectivity index is 1.26. The first-order chi connectivity index (χ1) is 15.1. The first-order valence-electron chi connectivity index (χ1n) is 10.6. The van der Waals surface area contributed by atoms with E-state index in [1.54, 1.807) is 0 Å². The Morgan fingerprint density at radius 2 is 1.87 bits per heavy atom. The fraction of sp³-hybridized carbons (Fsp3) is 0.476. The molecule has 9 nitrogen and oxygen atoms in total. The van der Waals surface area contributed by atoms with Crippen LogP contribution in [0.25, 0.3) is 0 Å². The van der Waals surface area contributed by atoms with E-state index >= 15 is 0 Å². The van der Waals surface area contributed by atoms with E-state index in [-0.39, 0.29) is 23.2 Å². The Kier molecular flexibility index (Phi) is 5.59. The lowest BCUT2D eigenvalue weighted by Gasteiger charge is -2.35. The highest BCUT2D eigenvalue weighted by atomic mass is 32.1. The normalized spacial score (nSPS) is 24.9. The van der Waals surface area contributed by atoms with E-state index in [9.17, 15) is 9.59 Å².